The summed E-state index contributed by atoms with van der Waals surface area (Å²) in [6, 6.07) is 14.5. The molecular weight excluding hydrogens is 361 g/mol. The van der Waals surface area contributed by atoms with Gasteiger partial charge in [-0.25, -0.2) is 4.79 Å². The molecule has 0 spiro atoms. The summed E-state index contributed by atoms with van der Waals surface area (Å²) in [6.07, 6.45) is -6.52. The molecule has 142 valence electrons. The molecule has 0 fully saturated rings. The first-order valence-electron chi connectivity index (χ1n) is 8.27. The van der Waals surface area contributed by atoms with E-state index in [2.05, 4.69) is 15.4 Å². The average molecular weight is 378 g/mol. The number of nitrogens with one attached hydrogen (secondary N) is 2. The number of fused-ring (bicyclic) bond motifs is 1. The maximum absolute atomic E-state index is 12.7. The second-order valence-electron chi connectivity index (χ2n) is 6.08. The third kappa shape index (κ3) is 4.46. The summed E-state index contributed by atoms with van der Waals surface area (Å²) in [5.41, 5.74) is 1.89. The predicted molar refractivity (Wildman–Crippen MR) is 90.2 cm³/mol. The zero-order chi connectivity index (χ0) is 19.4. The second-order valence-corrected chi connectivity index (χ2v) is 6.08. The van der Waals surface area contributed by atoms with E-state index in [1.54, 1.807) is 24.3 Å². The highest BCUT2D eigenvalue weighted by molar-refractivity contribution is 5.84. The molecule has 1 heterocycles. The SMILES string of the molecule is O=C(NCc1ccccc1)C1NCc2ccccc2C1OC(=O)C(F)(F)F. The molecule has 27 heavy (non-hydrogen) atoms. The Hall–Kier alpha value is -2.87. The zero-order valence-electron chi connectivity index (χ0n) is 14.1. The number of alkyl halides is 3. The summed E-state index contributed by atoms with van der Waals surface area (Å²) in [5, 5.41) is 5.53. The standard InChI is InChI=1S/C19H17F3N2O3/c20-19(21,22)18(26)27-16-14-9-5-4-8-13(14)11-23-15(16)17(25)24-10-12-6-2-1-3-7-12/h1-9,15-16,23H,10-11H2,(H,24,25). The molecule has 0 saturated carbocycles. The molecule has 2 atom stereocenters. The lowest BCUT2D eigenvalue weighted by Crippen LogP contribution is -2.51. The van der Waals surface area contributed by atoms with Crippen LogP contribution in [0, 0.1) is 0 Å². The monoisotopic (exact) mass is 378 g/mol. The van der Waals surface area contributed by atoms with Crippen molar-refractivity contribution < 1.29 is 27.5 Å². The minimum atomic E-state index is -5.14. The predicted octanol–water partition coefficient (Wildman–Crippen LogP) is 2.62. The Labute approximate surface area is 153 Å². The van der Waals surface area contributed by atoms with Gasteiger partial charge in [-0.05, 0) is 16.7 Å². The number of esters is 1. The fraction of sp³-hybridized carbons (Fsp3) is 0.263. The summed E-state index contributed by atoms with van der Waals surface area (Å²) in [5.74, 6) is -2.87. The maximum Gasteiger partial charge on any atom is 0.490 e. The first-order chi connectivity index (χ1) is 12.9. The van der Waals surface area contributed by atoms with Gasteiger partial charge in [0.15, 0.2) is 6.10 Å². The van der Waals surface area contributed by atoms with Gasteiger partial charge in [-0.1, -0.05) is 54.6 Å². The number of hydrogen-bond acceptors (Lipinski definition) is 4. The van der Waals surface area contributed by atoms with E-state index in [4.69, 9.17) is 0 Å². The van der Waals surface area contributed by atoms with Gasteiger partial charge in [0.25, 0.3) is 0 Å². The lowest BCUT2D eigenvalue weighted by atomic mass is 9.92. The number of carbonyl (C=O) groups excluding carboxylic acids is 2. The summed E-state index contributed by atoms with van der Waals surface area (Å²) in [4.78, 5) is 24.0. The van der Waals surface area contributed by atoms with Crippen LogP contribution < -0.4 is 10.6 Å². The Bertz CT molecular complexity index is 824. The topological polar surface area (TPSA) is 67.4 Å². The largest absolute Gasteiger partial charge is 0.490 e. The quantitative estimate of drug-likeness (QED) is 0.803. The molecule has 0 aromatic heterocycles. The lowest BCUT2D eigenvalue weighted by molar-refractivity contribution is -0.207. The van der Waals surface area contributed by atoms with Crippen LogP contribution in [0.4, 0.5) is 13.2 Å². The van der Waals surface area contributed by atoms with E-state index in [1.807, 2.05) is 30.3 Å². The zero-order valence-corrected chi connectivity index (χ0v) is 14.1. The number of amides is 1. The van der Waals surface area contributed by atoms with Crippen molar-refractivity contribution in [1.29, 1.82) is 0 Å². The van der Waals surface area contributed by atoms with Crippen LogP contribution in [0.1, 0.15) is 22.8 Å². The van der Waals surface area contributed by atoms with Crippen LogP contribution in [-0.4, -0.2) is 24.1 Å². The van der Waals surface area contributed by atoms with E-state index in [0.717, 1.165) is 5.56 Å². The van der Waals surface area contributed by atoms with Crippen molar-refractivity contribution in [2.75, 3.05) is 0 Å². The van der Waals surface area contributed by atoms with E-state index in [-0.39, 0.29) is 13.1 Å². The second kappa shape index (κ2) is 7.79. The third-order valence-corrected chi connectivity index (χ3v) is 4.23. The molecule has 1 aliphatic rings. The lowest BCUT2D eigenvalue weighted by Gasteiger charge is -2.33. The minimum absolute atomic E-state index is 0.208. The van der Waals surface area contributed by atoms with E-state index in [1.165, 1.54) is 0 Å². The van der Waals surface area contributed by atoms with E-state index < -0.39 is 30.2 Å². The highest BCUT2D eigenvalue weighted by atomic mass is 19.4. The summed E-state index contributed by atoms with van der Waals surface area (Å²) >= 11 is 0. The number of benzene rings is 2. The fourth-order valence-corrected chi connectivity index (χ4v) is 2.92. The number of halogens is 3. The van der Waals surface area contributed by atoms with Crippen molar-refractivity contribution in [2.45, 2.75) is 31.4 Å². The fourth-order valence-electron chi connectivity index (χ4n) is 2.92. The van der Waals surface area contributed by atoms with Crippen molar-refractivity contribution in [3.05, 3.63) is 71.3 Å². The summed E-state index contributed by atoms with van der Waals surface area (Å²) < 4.78 is 42.7. The van der Waals surface area contributed by atoms with Crippen LogP contribution in [0.3, 0.4) is 0 Å². The van der Waals surface area contributed by atoms with Gasteiger partial charge in [-0.2, -0.15) is 13.2 Å². The highest BCUT2D eigenvalue weighted by Gasteiger charge is 2.46. The Balaban J connectivity index is 1.79. The summed E-state index contributed by atoms with van der Waals surface area (Å²) in [7, 11) is 0. The van der Waals surface area contributed by atoms with E-state index in [9.17, 15) is 22.8 Å². The first kappa shape index (κ1) is 18.9. The molecule has 0 radical (unpaired) electrons. The molecule has 2 unspecified atom stereocenters. The molecule has 0 saturated heterocycles. The molecule has 0 bridgehead atoms. The van der Waals surface area contributed by atoms with Gasteiger partial charge < -0.3 is 10.1 Å². The number of carbonyl (C=O) groups is 2. The molecular formula is C19H17F3N2O3. The smallest absolute Gasteiger partial charge is 0.449 e. The normalized spacial score (nSPS) is 19.1. The van der Waals surface area contributed by atoms with Gasteiger partial charge in [0, 0.05) is 13.1 Å². The van der Waals surface area contributed by atoms with Crippen LogP contribution in [0.2, 0.25) is 0 Å². The van der Waals surface area contributed by atoms with Gasteiger partial charge >= 0.3 is 12.1 Å². The van der Waals surface area contributed by atoms with Crippen LogP contribution in [-0.2, 0) is 27.4 Å². The van der Waals surface area contributed by atoms with Crippen LogP contribution >= 0.6 is 0 Å². The Morgan fingerprint density at radius 1 is 1.07 bits per heavy atom. The van der Waals surface area contributed by atoms with Crippen LogP contribution in [0.25, 0.3) is 0 Å². The van der Waals surface area contributed by atoms with Crippen LogP contribution in [0.15, 0.2) is 54.6 Å². The molecule has 5 nitrogen and oxygen atoms in total. The molecule has 1 aliphatic heterocycles. The van der Waals surface area contributed by atoms with Gasteiger partial charge in [-0.3, -0.25) is 10.1 Å². The van der Waals surface area contributed by atoms with Gasteiger partial charge in [-0.15, -0.1) is 0 Å². The molecule has 2 aromatic carbocycles. The number of hydrogen-bond donors (Lipinski definition) is 2. The molecule has 2 N–H and O–H groups in total. The molecule has 8 heteroatoms. The minimum Gasteiger partial charge on any atom is -0.449 e. The van der Waals surface area contributed by atoms with Crippen molar-refractivity contribution in [1.82, 2.24) is 10.6 Å². The number of rotatable bonds is 4. The average Bonchev–Trinajstić information content (AvgIpc) is 2.66. The van der Waals surface area contributed by atoms with E-state index >= 15 is 0 Å². The maximum atomic E-state index is 12.7. The molecule has 3 rings (SSSR count). The van der Waals surface area contributed by atoms with Crippen LogP contribution in [0.5, 0.6) is 0 Å². The van der Waals surface area contributed by atoms with Crippen molar-refractivity contribution in [3.8, 4) is 0 Å². The van der Waals surface area contributed by atoms with E-state index in [0.29, 0.717) is 11.1 Å². The highest BCUT2D eigenvalue weighted by Crippen LogP contribution is 2.32. The first-order valence-corrected chi connectivity index (χ1v) is 8.27. The third-order valence-electron chi connectivity index (χ3n) is 4.23. The Morgan fingerprint density at radius 2 is 1.74 bits per heavy atom. The summed E-state index contributed by atoms with van der Waals surface area (Å²) in [6.45, 7) is 0.485. The molecule has 2 aromatic rings. The van der Waals surface area contributed by atoms with Gasteiger partial charge in [0.1, 0.15) is 6.04 Å². The van der Waals surface area contributed by atoms with Gasteiger partial charge in [0.2, 0.25) is 5.91 Å². The van der Waals surface area contributed by atoms with Crippen molar-refractivity contribution >= 4 is 11.9 Å². The Morgan fingerprint density at radius 3 is 2.44 bits per heavy atom. The molecule has 1 amide bonds. The Kier molecular flexibility index (Phi) is 5.46. The molecule has 0 aliphatic carbocycles. The van der Waals surface area contributed by atoms with Crippen molar-refractivity contribution in [2.24, 2.45) is 0 Å². The number of ether oxygens (including phenoxy) is 1. The van der Waals surface area contributed by atoms with Gasteiger partial charge in [0.05, 0.1) is 0 Å². The van der Waals surface area contributed by atoms with Crippen molar-refractivity contribution in [3.63, 3.8) is 0 Å².